The van der Waals surface area contributed by atoms with Crippen LogP contribution in [0.3, 0.4) is 0 Å². The average molecular weight is 284 g/mol. The summed E-state index contributed by atoms with van der Waals surface area (Å²) < 4.78 is 5.74. The quantitative estimate of drug-likeness (QED) is 0.773. The van der Waals surface area contributed by atoms with Crippen LogP contribution in [-0.4, -0.2) is 59.8 Å². The standard InChI is InChI=1S/C14H24N2O4/c1-2-3-11-8-10(4-7-20-11)16-6-5-15-14(19)12(16)9-13(17)18/h10-12H,2-9H2,1H3,(H,15,19)(H,17,18). The molecular formula is C14H24N2O4. The molecule has 0 bridgehead atoms. The highest BCUT2D eigenvalue weighted by Gasteiger charge is 2.37. The molecule has 2 aliphatic heterocycles. The number of carbonyl (C=O) groups excluding carboxylic acids is 1. The molecule has 0 spiro atoms. The fourth-order valence-corrected chi connectivity index (χ4v) is 3.23. The highest BCUT2D eigenvalue weighted by Crippen LogP contribution is 2.25. The van der Waals surface area contributed by atoms with Gasteiger partial charge in [0.15, 0.2) is 0 Å². The van der Waals surface area contributed by atoms with E-state index in [1.165, 1.54) is 0 Å². The molecule has 0 aromatic rings. The van der Waals surface area contributed by atoms with E-state index in [1.54, 1.807) is 0 Å². The fraction of sp³-hybridized carbons (Fsp3) is 0.857. The second-order valence-electron chi connectivity index (χ2n) is 5.60. The third-order valence-electron chi connectivity index (χ3n) is 4.16. The Morgan fingerprint density at radius 2 is 2.35 bits per heavy atom. The molecule has 2 N–H and O–H groups in total. The zero-order valence-electron chi connectivity index (χ0n) is 12.0. The van der Waals surface area contributed by atoms with E-state index < -0.39 is 12.0 Å². The maximum absolute atomic E-state index is 11.9. The monoisotopic (exact) mass is 284 g/mol. The van der Waals surface area contributed by atoms with Crippen LogP contribution in [-0.2, 0) is 14.3 Å². The van der Waals surface area contributed by atoms with E-state index in [0.29, 0.717) is 13.2 Å². The summed E-state index contributed by atoms with van der Waals surface area (Å²) in [6.45, 7) is 4.17. The summed E-state index contributed by atoms with van der Waals surface area (Å²) in [6.07, 6.45) is 4.01. The van der Waals surface area contributed by atoms with E-state index >= 15 is 0 Å². The lowest BCUT2D eigenvalue weighted by atomic mass is 9.95. The molecular weight excluding hydrogens is 260 g/mol. The summed E-state index contributed by atoms with van der Waals surface area (Å²) in [4.78, 5) is 25.0. The van der Waals surface area contributed by atoms with Crippen molar-refractivity contribution in [3.8, 4) is 0 Å². The van der Waals surface area contributed by atoms with E-state index in [-0.39, 0.29) is 24.5 Å². The van der Waals surface area contributed by atoms with Crippen LogP contribution < -0.4 is 5.32 Å². The lowest BCUT2D eigenvalue weighted by Crippen LogP contribution is -2.60. The van der Waals surface area contributed by atoms with Crippen molar-refractivity contribution in [2.45, 2.75) is 57.2 Å². The zero-order valence-corrected chi connectivity index (χ0v) is 12.0. The first-order chi connectivity index (χ1) is 9.61. The molecule has 6 heteroatoms. The summed E-state index contributed by atoms with van der Waals surface area (Å²) in [7, 11) is 0. The molecule has 0 aromatic carbocycles. The molecule has 20 heavy (non-hydrogen) atoms. The second kappa shape index (κ2) is 7.04. The Labute approximate surface area is 119 Å². The third-order valence-corrected chi connectivity index (χ3v) is 4.16. The van der Waals surface area contributed by atoms with Crippen LogP contribution in [0.4, 0.5) is 0 Å². The van der Waals surface area contributed by atoms with Gasteiger partial charge < -0.3 is 15.2 Å². The van der Waals surface area contributed by atoms with Gasteiger partial charge in [0.05, 0.1) is 18.6 Å². The Morgan fingerprint density at radius 3 is 3.05 bits per heavy atom. The molecule has 2 heterocycles. The van der Waals surface area contributed by atoms with Gasteiger partial charge in [-0.05, 0) is 19.3 Å². The maximum atomic E-state index is 11.9. The Kier molecular flexibility index (Phi) is 5.37. The smallest absolute Gasteiger partial charge is 0.305 e. The Bertz CT molecular complexity index is 359. The predicted molar refractivity (Wildman–Crippen MR) is 73.4 cm³/mol. The van der Waals surface area contributed by atoms with Crippen LogP contribution in [0, 0.1) is 0 Å². The molecule has 1 amide bonds. The summed E-state index contributed by atoms with van der Waals surface area (Å²) in [5, 5.41) is 11.8. The number of carboxylic acid groups (broad SMARTS) is 1. The second-order valence-corrected chi connectivity index (χ2v) is 5.60. The number of nitrogens with one attached hydrogen (secondary N) is 1. The Morgan fingerprint density at radius 1 is 1.55 bits per heavy atom. The minimum Gasteiger partial charge on any atom is -0.481 e. The predicted octanol–water partition coefficient (Wildman–Crippen LogP) is 0.609. The largest absolute Gasteiger partial charge is 0.481 e. The molecule has 6 nitrogen and oxygen atoms in total. The number of hydrogen-bond acceptors (Lipinski definition) is 4. The molecule has 0 aromatic heterocycles. The summed E-state index contributed by atoms with van der Waals surface area (Å²) >= 11 is 0. The van der Waals surface area contributed by atoms with Crippen LogP contribution in [0.25, 0.3) is 0 Å². The minimum atomic E-state index is -0.922. The SMILES string of the molecule is CCCC1CC(N2CCNC(=O)C2CC(=O)O)CCO1. The maximum Gasteiger partial charge on any atom is 0.305 e. The third kappa shape index (κ3) is 3.70. The highest BCUT2D eigenvalue weighted by atomic mass is 16.5. The van der Waals surface area contributed by atoms with Crippen LogP contribution >= 0.6 is 0 Å². The first-order valence-electron chi connectivity index (χ1n) is 7.48. The van der Waals surface area contributed by atoms with Gasteiger partial charge in [0, 0.05) is 25.7 Å². The summed E-state index contributed by atoms with van der Waals surface area (Å²) in [5.41, 5.74) is 0. The number of carbonyl (C=O) groups is 2. The Hall–Kier alpha value is -1.14. The van der Waals surface area contributed by atoms with Gasteiger partial charge in [-0.25, -0.2) is 0 Å². The minimum absolute atomic E-state index is 0.123. The first-order valence-corrected chi connectivity index (χ1v) is 7.48. The summed E-state index contributed by atoms with van der Waals surface area (Å²) in [6, 6.07) is -0.276. The molecule has 0 saturated carbocycles. The number of nitrogens with zero attached hydrogens (tertiary/aromatic N) is 1. The first kappa shape index (κ1) is 15.3. The molecule has 114 valence electrons. The van der Waals surface area contributed by atoms with Gasteiger partial charge in [-0.3, -0.25) is 14.5 Å². The fourth-order valence-electron chi connectivity index (χ4n) is 3.23. The van der Waals surface area contributed by atoms with Crippen molar-refractivity contribution in [1.82, 2.24) is 10.2 Å². The van der Waals surface area contributed by atoms with E-state index in [9.17, 15) is 9.59 Å². The normalized spacial score (nSPS) is 31.9. The van der Waals surface area contributed by atoms with Gasteiger partial charge in [-0.15, -0.1) is 0 Å². The lowest BCUT2D eigenvalue weighted by molar-refractivity contribution is -0.145. The van der Waals surface area contributed by atoms with E-state index in [0.717, 1.165) is 32.2 Å². The number of carboxylic acids is 1. The molecule has 3 unspecified atom stereocenters. The Balaban J connectivity index is 2.03. The van der Waals surface area contributed by atoms with Crippen molar-refractivity contribution in [2.75, 3.05) is 19.7 Å². The molecule has 2 aliphatic rings. The number of amides is 1. The molecule has 2 saturated heterocycles. The molecule has 0 aliphatic carbocycles. The lowest BCUT2D eigenvalue weighted by Gasteiger charge is -2.43. The van der Waals surface area contributed by atoms with Gasteiger partial charge >= 0.3 is 5.97 Å². The van der Waals surface area contributed by atoms with Gasteiger partial charge in [0.1, 0.15) is 0 Å². The number of rotatable bonds is 5. The van der Waals surface area contributed by atoms with Crippen molar-refractivity contribution in [3.63, 3.8) is 0 Å². The van der Waals surface area contributed by atoms with Crippen molar-refractivity contribution in [2.24, 2.45) is 0 Å². The average Bonchev–Trinajstić information content (AvgIpc) is 2.41. The zero-order chi connectivity index (χ0) is 14.5. The number of aliphatic carboxylic acids is 1. The van der Waals surface area contributed by atoms with Crippen molar-refractivity contribution in [3.05, 3.63) is 0 Å². The van der Waals surface area contributed by atoms with Gasteiger partial charge in [-0.1, -0.05) is 13.3 Å². The van der Waals surface area contributed by atoms with Gasteiger partial charge in [-0.2, -0.15) is 0 Å². The van der Waals surface area contributed by atoms with E-state index in [2.05, 4.69) is 17.1 Å². The van der Waals surface area contributed by atoms with Crippen molar-refractivity contribution < 1.29 is 19.4 Å². The number of ether oxygens (including phenoxy) is 1. The molecule has 3 atom stereocenters. The van der Waals surface area contributed by atoms with E-state index in [4.69, 9.17) is 9.84 Å². The van der Waals surface area contributed by atoms with Crippen molar-refractivity contribution in [1.29, 1.82) is 0 Å². The van der Waals surface area contributed by atoms with Gasteiger partial charge in [0.2, 0.25) is 5.91 Å². The van der Waals surface area contributed by atoms with Crippen LogP contribution in [0.2, 0.25) is 0 Å². The molecule has 2 fully saturated rings. The highest BCUT2D eigenvalue weighted by molar-refractivity contribution is 5.86. The van der Waals surface area contributed by atoms with Crippen LogP contribution in [0.15, 0.2) is 0 Å². The van der Waals surface area contributed by atoms with Crippen molar-refractivity contribution >= 4 is 11.9 Å². The number of piperazine rings is 1. The molecule has 2 rings (SSSR count). The number of hydrogen-bond donors (Lipinski definition) is 2. The van der Waals surface area contributed by atoms with Crippen LogP contribution in [0.1, 0.15) is 39.0 Å². The van der Waals surface area contributed by atoms with E-state index in [1.807, 2.05) is 0 Å². The van der Waals surface area contributed by atoms with Gasteiger partial charge in [0.25, 0.3) is 0 Å². The summed E-state index contributed by atoms with van der Waals surface area (Å²) in [5.74, 6) is -1.08. The van der Waals surface area contributed by atoms with Crippen LogP contribution in [0.5, 0.6) is 0 Å². The topological polar surface area (TPSA) is 78.9 Å². The molecule has 0 radical (unpaired) electrons.